The van der Waals surface area contributed by atoms with Crippen LogP contribution in [0.25, 0.3) is 11.0 Å². The van der Waals surface area contributed by atoms with Gasteiger partial charge < -0.3 is 0 Å². The quantitative estimate of drug-likeness (QED) is 0.507. The van der Waals surface area contributed by atoms with Crippen molar-refractivity contribution in [2.75, 3.05) is 0 Å². The Kier molecular flexibility index (Phi) is 1.85. The smallest absolute Gasteiger partial charge is 0.258 e. The van der Waals surface area contributed by atoms with Crippen molar-refractivity contribution in [2.45, 2.75) is 6.92 Å². The molecule has 0 amide bonds. The summed E-state index contributed by atoms with van der Waals surface area (Å²) in [6.07, 6.45) is 1.52. The topological polar surface area (TPSA) is 68.9 Å². The Hall–Kier alpha value is -2.04. The van der Waals surface area contributed by atoms with Gasteiger partial charge in [0.15, 0.2) is 5.52 Å². The maximum atomic E-state index is 10.6. The van der Waals surface area contributed by atoms with Crippen molar-refractivity contribution < 1.29 is 4.92 Å². The number of nitro benzene ring substituents is 1. The van der Waals surface area contributed by atoms with Gasteiger partial charge in [-0.15, -0.1) is 0 Å². The van der Waals surface area contributed by atoms with Crippen molar-refractivity contribution >= 4 is 16.7 Å². The highest BCUT2D eigenvalue weighted by atomic mass is 16.6. The lowest BCUT2D eigenvalue weighted by molar-refractivity contribution is -0.383. The molecule has 0 aliphatic rings. The lowest BCUT2D eigenvalue weighted by atomic mass is 10.2. The van der Waals surface area contributed by atoms with Gasteiger partial charge in [0.1, 0.15) is 0 Å². The van der Waals surface area contributed by atoms with Gasteiger partial charge in [0, 0.05) is 12.3 Å². The molecule has 0 atom stereocenters. The Labute approximate surface area is 79.6 Å². The Bertz CT molecular complexity index is 510. The van der Waals surface area contributed by atoms with Crippen LogP contribution in [0.5, 0.6) is 0 Å². The summed E-state index contributed by atoms with van der Waals surface area (Å²) in [5.74, 6) is 0. The van der Waals surface area contributed by atoms with Gasteiger partial charge in [-0.1, -0.05) is 6.07 Å². The number of nitro groups is 1. The van der Waals surface area contributed by atoms with E-state index < -0.39 is 4.92 Å². The number of hydrogen-bond acceptors (Lipinski definition) is 4. The summed E-state index contributed by atoms with van der Waals surface area (Å²) >= 11 is 0. The van der Waals surface area contributed by atoms with Crippen LogP contribution in [0.2, 0.25) is 0 Å². The van der Waals surface area contributed by atoms with Gasteiger partial charge in [-0.3, -0.25) is 10.1 Å². The monoisotopic (exact) mass is 189 g/mol. The van der Waals surface area contributed by atoms with Crippen LogP contribution in [0, 0.1) is 17.0 Å². The zero-order chi connectivity index (χ0) is 10.1. The summed E-state index contributed by atoms with van der Waals surface area (Å²) in [6.45, 7) is 1.80. The summed E-state index contributed by atoms with van der Waals surface area (Å²) in [6, 6.07) is 4.74. The number of fused-ring (bicyclic) bond motifs is 1. The lowest BCUT2D eigenvalue weighted by Crippen LogP contribution is -1.93. The highest BCUT2D eigenvalue weighted by Crippen LogP contribution is 2.21. The third-order valence-corrected chi connectivity index (χ3v) is 1.87. The van der Waals surface area contributed by atoms with E-state index in [2.05, 4.69) is 9.97 Å². The van der Waals surface area contributed by atoms with E-state index >= 15 is 0 Å². The highest BCUT2D eigenvalue weighted by Gasteiger charge is 2.12. The van der Waals surface area contributed by atoms with Crippen molar-refractivity contribution in [3.05, 3.63) is 40.2 Å². The molecule has 1 aromatic heterocycles. The third kappa shape index (κ3) is 1.28. The van der Waals surface area contributed by atoms with E-state index in [1.807, 2.05) is 0 Å². The molecule has 1 heterocycles. The van der Waals surface area contributed by atoms with Crippen molar-refractivity contribution in [2.24, 2.45) is 0 Å². The molecule has 0 spiro atoms. The summed E-state index contributed by atoms with van der Waals surface area (Å²) in [5, 5.41) is 10.6. The predicted octanol–water partition coefficient (Wildman–Crippen LogP) is 1.85. The molecular weight excluding hydrogens is 182 g/mol. The Morgan fingerprint density at radius 1 is 1.43 bits per heavy atom. The van der Waals surface area contributed by atoms with Crippen LogP contribution >= 0.6 is 0 Å². The predicted molar refractivity (Wildman–Crippen MR) is 50.9 cm³/mol. The third-order valence-electron chi connectivity index (χ3n) is 1.87. The second-order valence-electron chi connectivity index (χ2n) is 2.91. The van der Waals surface area contributed by atoms with E-state index in [1.165, 1.54) is 12.3 Å². The number of benzene rings is 1. The number of non-ortho nitro benzene ring substituents is 1. The molecule has 0 fully saturated rings. The lowest BCUT2D eigenvalue weighted by Gasteiger charge is -1.98. The molecule has 1 aromatic carbocycles. The first-order valence-corrected chi connectivity index (χ1v) is 4.05. The summed E-state index contributed by atoms with van der Waals surface area (Å²) in [5.41, 5.74) is 1.63. The average molecular weight is 189 g/mol. The first-order valence-electron chi connectivity index (χ1n) is 4.05. The molecule has 0 saturated carbocycles. The Morgan fingerprint density at radius 3 is 2.93 bits per heavy atom. The maximum Gasteiger partial charge on any atom is 0.297 e. The minimum Gasteiger partial charge on any atom is -0.258 e. The summed E-state index contributed by atoms with van der Waals surface area (Å²) in [7, 11) is 0. The molecule has 0 aliphatic heterocycles. The molecule has 2 aromatic rings. The molecular formula is C9H7N3O2. The van der Waals surface area contributed by atoms with Crippen molar-refractivity contribution in [3.63, 3.8) is 0 Å². The first-order chi connectivity index (χ1) is 6.68. The average Bonchev–Trinajstić information content (AvgIpc) is 2.16. The minimum atomic E-state index is -0.452. The van der Waals surface area contributed by atoms with Gasteiger partial charge in [-0.25, -0.2) is 9.97 Å². The van der Waals surface area contributed by atoms with E-state index in [0.29, 0.717) is 11.0 Å². The Morgan fingerprint density at radius 2 is 2.21 bits per heavy atom. The van der Waals surface area contributed by atoms with Gasteiger partial charge in [0.05, 0.1) is 16.1 Å². The number of para-hydroxylation sites is 1. The van der Waals surface area contributed by atoms with Crippen molar-refractivity contribution in [1.82, 2.24) is 9.97 Å². The van der Waals surface area contributed by atoms with Crippen LogP contribution < -0.4 is 0 Å². The van der Waals surface area contributed by atoms with Crippen LogP contribution in [0.1, 0.15) is 5.69 Å². The number of aryl methyl sites for hydroxylation is 1. The first kappa shape index (κ1) is 8.55. The maximum absolute atomic E-state index is 10.6. The molecule has 14 heavy (non-hydrogen) atoms. The molecule has 0 unspecified atom stereocenters. The molecule has 2 rings (SSSR count). The fourth-order valence-corrected chi connectivity index (χ4v) is 1.27. The SMILES string of the molecule is Cc1cnc2c([N+](=O)[O-])cccc2n1. The second kappa shape index (κ2) is 3.02. The molecule has 0 aliphatic carbocycles. The Balaban J connectivity index is 2.81. The molecule has 0 radical (unpaired) electrons. The fourth-order valence-electron chi connectivity index (χ4n) is 1.27. The zero-order valence-corrected chi connectivity index (χ0v) is 7.47. The van der Waals surface area contributed by atoms with Crippen molar-refractivity contribution in [1.29, 1.82) is 0 Å². The summed E-state index contributed by atoms with van der Waals surface area (Å²) in [4.78, 5) is 18.3. The van der Waals surface area contributed by atoms with Gasteiger partial charge in [-0.05, 0) is 13.0 Å². The number of nitrogens with zero attached hydrogens (tertiary/aromatic N) is 3. The number of hydrogen-bond donors (Lipinski definition) is 0. The zero-order valence-electron chi connectivity index (χ0n) is 7.47. The minimum absolute atomic E-state index is 0.00463. The van der Waals surface area contributed by atoms with Gasteiger partial charge >= 0.3 is 0 Å². The molecule has 0 saturated heterocycles. The van der Waals surface area contributed by atoms with Crippen LogP contribution in [-0.2, 0) is 0 Å². The van der Waals surface area contributed by atoms with E-state index in [0.717, 1.165) is 5.69 Å². The van der Waals surface area contributed by atoms with Crippen LogP contribution in [0.3, 0.4) is 0 Å². The van der Waals surface area contributed by atoms with E-state index in [-0.39, 0.29) is 5.69 Å². The largest absolute Gasteiger partial charge is 0.297 e. The van der Waals surface area contributed by atoms with Crippen LogP contribution in [0.15, 0.2) is 24.4 Å². The molecule has 70 valence electrons. The van der Waals surface area contributed by atoms with E-state index in [4.69, 9.17) is 0 Å². The van der Waals surface area contributed by atoms with Crippen molar-refractivity contribution in [3.8, 4) is 0 Å². The standard InChI is InChI=1S/C9H7N3O2/c1-6-5-10-9-7(11-6)3-2-4-8(9)12(13)14/h2-5H,1H3. The molecule has 5 nitrogen and oxygen atoms in total. The molecule has 0 N–H and O–H groups in total. The number of aromatic nitrogens is 2. The van der Waals surface area contributed by atoms with E-state index in [1.54, 1.807) is 19.1 Å². The molecule has 5 heteroatoms. The fraction of sp³-hybridized carbons (Fsp3) is 0.111. The van der Waals surface area contributed by atoms with Gasteiger partial charge in [-0.2, -0.15) is 0 Å². The van der Waals surface area contributed by atoms with E-state index in [9.17, 15) is 10.1 Å². The van der Waals surface area contributed by atoms with Crippen LogP contribution in [0.4, 0.5) is 5.69 Å². The highest BCUT2D eigenvalue weighted by molar-refractivity contribution is 5.83. The van der Waals surface area contributed by atoms with Gasteiger partial charge in [0.2, 0.25) is 0 Å². The molecule has 0 bridgehead atoms. The summed E-state index contributed by atoms with van der Waals surface area (Å²) < 4.78 is 0. The van der Waals surface area contributed by atoms with Crippen LogP contribution in [-0.4, -0.2) is 14.9 Å². The normalized spacial score (nSPS) is 10.4. The van der Waals surface area contributed by atoms with Gasteiger partial charge in [0.25, 0.3) is 5.69 Å². The second-order valence-corrected chi connectivity index (χ2v) is 2.91. The number of rotatable bonds is 1.